The molecular formula is C15H16N3O3PS. The average Bonchev–Trinajstić information content (AvgIpc) is 2.83. The summed E-state index contributed by atoms with van der Waals surface area (Å²) in [6.45, 7) is 4.01. The van der Waals surface area contributed by atoms with E-state index in [0.717, 1.165) is 26.2 Å². The third-order valence-electron chi connectivity index (χ3n) is 3.49. The number of nitrogens with one attached hydrogen (secondary N) is 1. The van der Waals surface area contributed by atoms with Gasteiger partial charge in [-0.3, -0.25) is 4.57 Å². The molecule has 0 saturated heterocycles. The van der Waals surface area contributed by atoms with Crippen LogP contribution in [0.3, 0.4) is 0 Å². The van der Waals surface area contributed by atoms with Gasteiger partial charge in [0.25, 0.3) is 0 Å². The predicted molar refractivity (Wildman–Crippen MR) is 92.9 cm³/mol. The maximum atomic E-state index is 11.1. The van der Waals surface area contributed by atoms with Crippen LogP contribution in [0.2, 0.25) is 0 Å². The first-order valence-corrected chi connectivity index (χ1v) is 9.56. The van der Waals surface area contributed by atoms with Crippen molar-refractivity contribution < 1.29 is 14.4 Å². The molecule has 0 bridgehead atoms. The van der Waals surface area contributed by atoms with Crippen molar-refractivity contribution in [3.05, 3.63) is 41.7 Å². The second-order valence-electron chi connectivity index (χ2n) is 5.32. The van der Waals surface area contributed by atoms with Gasteiger partial charge in [0.15, 0.2) is 0 Å². The minimum atomic E-state index is -4.15. The summed E-state index contributed by atoms with van der Waals surface area (Å²) in [7, 11) is -4.15. The summed E-state index contributed by atoms with van der Waals surface area (Å²) in [5.41, 5.74) is 3.29. The Morgan fingerprint density at radius 2 is 1.87 bits per heavy atom. The lowest BCUT2D eigenvalue weighted by molar-refractivity contribution is 0.375. The molecule has 0 fully saturated rings. The van der Waals surface area contributed by atoms with Gasteiger partial charge in [0.1, 0.15) is 23.3 Å². The molecule has 2 heterocycles. The number of aromatic nitrogens is 2. The molecule has 0 radical (unpaired) electrons. The zero-order valence-corrected chi connectivity index (χ0v) is 14.4. The van der Waals surface area contributed by atoms with Crippen molar-refractivity contribution in [1.82, 2.24) is 9.97 Å². The Hall–Kier alpha value is -1.79. The number of nitrogens with zero attached hydrogens (tertiary/aromatic N) is 2. The van der Waals surface area contributed by atoms with Crippen molar-refractivity contribution in [2.24, 2.45) is 0 Å². The minimum Gasteiger partial charge on any atom is -0.358 e. The van der Waals surface area contributed by atoms with Gasteiger partial charge in [0.05, 0.1) is 5.39 Å². The summed E-state index contributed by atoms with van der Waals surface area (Å²) in [5.74, 6) is 0.449. The lowest BCUT2D eigenvalue weighted by Crippen LogP contribution is -2.04. The monoisotopic (exact) mass is 349 g/mol. The average molecular weight is 349 g/mol. The van der Waals surface area contributed by atoms with Gasteiger partial charge in [0, 0.05) is 4.88 Å². The van der Waals surface area contributed by atoms with Crippen LogP contribution in [-0.4, -0.2) is 26.0 Å². The molecule has 6 nitrogen and oxygen atoms in total. The second-order valence-corrected chi connectivity index (χ2v) is 7.97. The van der Waals surface area contributed by atoms with Crippen LogP contribution in [0.5, 0.6) is 0 Å². The molecule has 23 heavy (non-hydrogen) atoms. The number of thiophene rings is 1. The molecule has 0 unspecified atom stereocenters. The van der Waals surface area contributed by atoms with Crippen molar-refractivity contribution in [2.45, 2.75) is 13.8 Å². The number of aryl methyl sites for hydroxylation is 2. The zero-order chi connectivity index (χ0) is 16.6. The highest BCUT2D eigenvalue weighted by atomic mass is 32.1. The van der Waals surface area contributed by atoms with Crippen molar-refractivity contribution in [3.63, 3.8) is 0 Å². The lowest BCUT2D eigenvalue weighted by atomic mass is 10.1. The largest absolute Gasteiger partial charge is 0.358 e. The molecule has 3 aromatic rings. The summed E-state index contributed by atoms with van der Waals surface area (Å²) >= 11 is 1.55. The molecule has 3 N–H and O–H groups in total. The van der Waals surface area contributed by atoms with E-state index in [1.165, 1.54) is 11.9 Å². The molecule has 8 heteroatoms. The van der Waals surface area contributed by atoms with E-state index < -0.39 is 13.9 Å². The lowest BCUT2D eigenvalue weighted by Gasteiger charge is -2.08. The highest BCUT2D eigenvalue weighted by molar-refractivity contribution is 7.51. The normalized spacial score (nSPS) is 11.8. The van der Waals surface area contributed by atoms with Crippen LogP contribution in [0.4, 0.5) is 5.82 Å². The van der Waals surface area contributed by atoms with E-state index in [1.807, 2.05) is 13.8 Å². The molecule has 0 aliphatic rings. The van der Waals surface area contributed by atoms with E-state index in [9.17, 15) is 4.57 Å². The molecule has 0 aliphatic carbocycles. The Kier molecular flexibility index (Phi) is 4.21. The summed E-state index contributed by atoms with van der Waals surface area (Å²) < 4.78 is 11.1. The SMILES string of the molecule is Cc1ccc(-c2sc3ncnc(NCP(=O)(O)O)c3c2C)cc1. The highest BCUT2D eigenvalue weighted by Crippen LogP contribution is 2.41. The maximum absolute atomic E-state index is 11.1. The summed E-state index contributed by atoms with van der Waals surface area (Å²) in [6.07, 6.45) is 0.952. The Morgan fingerprint density at radius 3 is 2.52 bits per heavy atom. The van der Waals surface area contributed by atoms with E-state index in [4.69, 9.17) is 9.79 Å². The van der Waals surface area contributed by atoms with Gasteiger partial charge in [-0.1, -0.05) is 29.8 Å². The summed E-state index contributed by atoms with van der Waals surface area (Å²) in [5, 5.41) is 3.54. The Bertz CT molecular complexity index is 902. The topological polar surface area (TPSA) is 95.3 Å². The number of anilines is 1. The number of rotatable bonds is 4. The zero-order valence-electron chi connectivity index (χ0n) is 12.6. The van der Waals surface area contributed by atoms with Crippen LogP contribution >= 0.6 is 18.9 Å². The van der Waals surface area contributed by atoms with E-state index in [-0.39, 0.29) is 0 Å². The van der Waals surface area contributed by atoms with Gasteiger partial charge in [-0.2, -0.15) is 0 Å². The Labute approximate surface area is 137 Å². The molecule has 120 valence electrons. The number of hydrogen-bond acceptors (Lipinski definition) is 5. The number of benzene rings is 1. The van der Waals surface area contributed by atoms with Crippen molar-refractivity contribution >= 4 is 35.0 Å². The van der Waals surface area contributed by atoms with Gasteiger partial charge in [-0.25, -0.2) is 9.97 Å². The fraction of sp³-hybridized carbons (Fsp3) is 0.200. The smallest absolute Gasteiger partial charge is 0.344 e. The molecule has 0 atom stereocenters. The van der Waals surface area contributed by atoms with Gasteiger partial charge in [-0.15, -0.1) is 11.3 Å². The van der Waals surface area contributed by atoms with Crippen molar-refractivity contribution in [1.29, 1.82) is 0 Å². The first kappa shape index (κ1) is 16.1. The van der Waals surface area contributed by atoms with Crippen LogP contribution in [0.15, 0.2) is 30.6 Å². The molecule has 0 saturated carbocycles. The van der Waals surface area contributed by atoms with Crippen LogP contribution in [0.25, 0.3) is 20.7 Å². The van der Waals surface area contributed by atoms with E-state index in [0.29, 0.717) is 5.82 Å². The standard InChI is InChI=1S/C15H16N3O3PS/c1-9-3-5-11(6-4-9)13-10(2)12-14(18-8-22(19,20)21)16-7-17-15(12)23-13/h3-7H,8H2,1-2H3,(H,16,17,18)(H2,19,20,21). The van der Waals surface area contributed by atoms with Gasteiger partial charge >= 0.3 is 7.60 Å². The number of hydrogen-bond donors (Lipinski definition) is 3. The quantitative estimate of drug-likeness (QED) is 0.624. The van der Waals surface area contributed by atoms with Gasteiger partial charge < -0.3 is 15.1 Å². The van der Waals surface area contributed by atoms with Crippen LogP contribution in [0.1, 0.15) is 11.1 Å². The van der Waals surface area contributed by atoms with Crippen molar-refractivity contribution in [3.8, 4) is 10.4 Å². The fourth-order valence-corrected chi connectivity index (χ4v) is 3.87. The van der Waals surface area contributed by atoms with E-state index >= 15 is 0 Å². The summed E-state index contributed by atoms with van der Waals surface area (Å²) in [6, 6.07) is 8.22. The molecule has 0 spiro atoms. The minimum absolute atomic E-state index is 0.449. The van der Waals surface area contributed by atoms with E-state index in [2.05, 4.69) is 39.6 Å². The van der Waals surface area contributed by atoms with Crippen LogP contribution in [-0.2, 0) is 4.57 Å². The number of fused-ring (bicyclic) bond motifs is 1. The first-order chi connectivity index (χ1) is 10.8. The molecular weight excluding hydrogens is 333 g/mol. The third-order valence-corrected chi connectivity index (χ3v) is 5.31. The maximum Gasteiger partial charge on any atom is 0.344 e. The van der Waals surface area contributed by atoms with Crippen LogP contribution < -0.4 is 5.32 Å². The Morgan fingerprint density at radius 1 is 1.17 bits per heavy atom. The highest BCUT2D eigenvalue weighted by Gasteiger charge is 2.18. The van der Waals surface area contributed by atoms with Crippen LogP contribution in [0, 0.1) is 13.8 Å². The summed E-state index contributed by atoms with van der Waals surface area (Å²) in [4.78, 5) is 28.4. The second kappa shape index (κ2) is 6.02. The predicted octanol–water partition coefficient (Wildman–Crippen LogP) is 3.52. The fourth-order valence-electron chi connectivity index (χ4n) is 2.36. The molecule has 0 aliphatic heterocycles. The van der Waals surface area contributed by atoms with Gasteiger partial charge in [0.2, 0.25) is 0 Å². The first-order valence-electron chi connectivity index (χ1n) is 6.95. The van der Waals surface area contributed by atoms with Crippen molar-refractivity contribution in [2.75, 3.05) is 11.6 Å². The molecule has 0 amide bonds. The Balaban J connectivity index is 2.08. The molecule has 1 aromatic carbocycles. The third kappa shape index (κ3) is 3.43. The van der Waals surface area contributed by atoms with E-state index in [1.54, 1.807) is 11.3 Å². The molecule has 3 rings (SSSR count). The van der Waals surface area contributed by atoms with Gasteiger partial charge in [-0.05, 0) is 25.0 Å². The molecule has 2 aromatic heterocycles.